The summed E-state index contributed by atoms with van der Waals surface area (Å²) in [6, 6.07) is 8.78. The van der Waals surface area contributed by atoms with Crippen LogP contribution in [0.4, 0.5) is 4.79 Å². The van der Waals surface area contributed by atoms with Crippen LogP contribution in [0.3, 0.4) is 0 Å². The second-order valence-electron chi connectivity index (χ2n) is 6.07. The molecule has 0 unspecified atom stereocenters. The predicted molar refractivity (Wildman–Crippen MR) is 90.4 cm³/mol. The van der Waals surface area contributed by atoms with E-state index in [0.717, 1.165) is 10.9 Å². The second kappa shape index (κ2) is 9.58. The molecular formula is C17H25NO4Se. The molecule has 0 bridgehead atoms. The molecule has 23 heavy (non-hydrogen) atoms. The molecule has 1 atom stereocenters. The van der Waals surface area contributed by atoms with Crippen molar-refractivity contribution in [3.05, 3.63) is 35.9 Å². The fraction of sp³-hybridized carbons (Fsp3) is 0.529. The standard InChI is InChI=1S/C17H25NO4Se/c1-17(2,3)22-16(20)18-14(10-11-23-4)15(19)21-12-13-8-6-5-7-9-13/h5-9,14H,10-12H2,1-4H3,(H,18,20)/t14-/m0/s1. The first-order valence-corrected chi connectivity index (χ1v) is 10.4. The summed E-state index contributed by atoms with van der Waals surface area (Å²) >= 11 is 0.424. The zero-order valence-corrected chi connectivity index (χ0v) is 15.8. The van der Waals surface area contributed by atoms with Gasteiger partial charge in [0.1, 0.15) is 0 Å². The molecule has 128 valence electrons. The summed E-state index contributed by atoms with van der Waals surface area (Å²) in [4.78, 5) is 24.1. The van der Waals surface area contributed by atoms with Gasteiger partial charge in [-0.3, -0.25) is 0 Å². The van der Waals surface area contributed by atoms with Gasteiger partial charge in [0.2, 0.25) is 0 Å². The van der Waals surface area contributed by atoms with Crippen LogP contribution in [0.1, 0.15) is 32.8 Å². The first kappa shape index (κ1) is 19.5. The van der Waals surface area contributed by atoms with Crippen molar-refractivity contribution in [2.24, 2.45) is 0 Å². The van der Waals surface area contributed by atoms with Gasteiger partial charge in [0.15, 0.2) is 0 Å². The third-order valence-electron chi connectivity index (χ3n) is 2.81. The normalized spacial score (nSPS) is 12.3. The molecule has 1 N–H and O–H groups in total. The van der Waals surface area contributed by atoms with Crippen LogP contribution in [-0.4, -0.2) is 38.7 Å². The first-order chi connectivity index (χ1) is 10.8. The summed E-state index contributed by atoms with van der Waals surface area (Å²) in [5.41, 5.74) is 0.314. The molecule has 0 saturated carbocycles. The van der Waals surface area contributed by atoms with E-state index in [-0.39, 0.29) is 6.61 Å². The van der Waals surface area contributed by atoms with Gasteiger partial charge in [-0.25, -0.2) is 0 Å². The van der Waals surface area contributed by atoms with Crippen molar-refractivity contribution >= 4 is 27.0 Å². The maximum atomic E-state index is 12.2. The number of amides is 1. The molecular weight excluding hydrogens is 361 g/mol. The molecule has 0 aliphatic heterocycles. The summed E-state index contributed by atoms with van der Waals surface area (Å²) in [6.07, 6.45) is -0.0358. The molecule has 0 spiro atoms. The zero-order chi connectivity index (χ0) is 17.3. The predicted octanol–water partition coefficient (Wildman–Crippen LogP) is 3.18. The fourth-order valence-corrected chi connectivity index (χ4v) is 2.75. The number of nitrogens with one attached hydrogen (secondary N) is 1. The average molecular weight is 386 g/mol. The molecule has 0 fully saturated rings. The van der Waals surface area contributed by atoms with Crippen molar-refractivity contribution in [3.8, 4) is 0 Å². The third-order valence-corrected chi connectivity index (χ3v) is 4.16. The molecule has 0 saturated heterocycles. The van der Waals surface area contributed by atoms with Crippen LogP contribution >= 0.6 is 0 Å². The summed E-state index contributed by atoms with van der Waals surface area (Å²) in [7, 11) is 0. The van der Waals surface area contributed by atoms with Gasteiger partial charge < -0.3 is 0 Å². The van der Waals surface area contributed by atoms with E-state index in [9.17, 15) is 9.59 Å². The van der Waals surface area contributed by atoms with Gasteiger partial charge in [-0.2, -0.15) is 0 Å². The number of carbonyl (C=O) groups excluding carboxylic acids is 2. The van der Waals surface area contributed by atoms with Crippen molar-refractivity contribution in [2.45, 2.75) is 56.6 Å². The van der Waals surface area contributed by atoms with Crippen molar-refractivity contribution in [3.63, 3.8) is 0 Å². The van der Waals surface area contributed by atoms with Crippen LogP contribution in [0, 0.1) is 0 Å². The minimum atomic E-state index is -0.671. The van der Waals surface area contributed by atoms with Gasteiger partial charge in [0.05, 0.1) is 0 Å². The van der Waals surface area contributed by atoms with E-state index in [1.165, 1.54) is 0 Å². The molecule has 0 radical (unpaired) electrons. The van der Waals surface area contributed by atoms with Gasteiger partial charge in [0, 0.05) is 0 Å². The average Bonchev–Trinajstić information content (AvgIpc) is 2.48. The maximum absolute atomic E-state index is 12.2. The Morgan fingerprint density at radius 3 is 2.43 bits per heavy atom. The van der Waals surface area contributed by atoms with Gasteiger partial charge in [-0.15, -0.1) is 0 Å². The number of hydrogen-bond acceptors (Lipinski definition) is 4. The monoisotopic (exact) mass is 387 g/mol. The summed E-state index contributed by atoms with van der Waals surface area (Å²) in [5, 5.41) is 3.50. The van der Waals surface area contributed by atoms with E-state index in [0.29, 0.717) is 21.4 Å². The van der Waals surface area contributed by atoms with Crippen LogP contribution in [0.5, 0.6) is 0 Å². The molecule has 1 amide bonds. The molecule has 5 nitrogen and oxygen atoms in total. The Morgan fingerprint density at radius 1 is 1.22 bits per heavy atom. The minimum absolute atomic E-state index is 0.198. The van der Waals surface area contributed by atoms with Gasteiger partial charge in [-0.1, -0.05) is 0 Å². The fourth-order valence-electron chi connectivity index (χ4n) is 1.76. The Bertz CT molecular complexity index is 499. The van der Waals surface area contributed by atoms with Crippen LogP contribution in [0.25, 0.3) is 0 Å². The Balaban J connectivity index is 2.57. The van der Waals surface area contributed by atoms with Crippen molar-refractivity contribution in [2.75, 3.05) is 0 Å². The van der Waals surface area contributed by atoms with Crippen molar-refractivity contribution < 1.29 is 19.1 Å². The molecule has 1 aromatic carbocycles. The number of rotatable bonds is 7. The van der Waals surface area contributed by atoms with Crippen molar-refractivity contribution in [1.29, 1.82) is 0 Å². The summed E-state index contributed by atoms with van der Waals surface area (Å²) in [6.45, 7) is 5.54. The number of benzene rings is 1. The van der Waals surface area contributed by atoms with Crippen molar-refractivity contribution in [1.82, 2.24) is 5.32 Å². The van der Waals surface area contributed by atoms with E-state index in [2.05, 4.69) is 11.1 Å². The van der Waals surface area contributed by atoms with Crippen LogP contribution in [-0.2, 0) is 20.9 Å². The van der Waals surface area contributed by atoms with Gasteiger partial charge in [-0.05, 0) is 0 Å². The third kappa shape index (κ3) is 8.62. The second-order valence-corrected chi connectivity index (χ2v) is 8.14. The number of ether oxygens (including phenoxy) is 2. The number of hydrogen-bond donors (Lipinski definition) is 1. The number of esters is 1. The van der Waals surface area contributed by atoms with Gasteiger partial charge >= 0.3 is 144 Å². The Hall–Kier alpha value is -1.52. The van der Waals surface area contributed by atoms with E-state index >= 15 is 0 Å². The Morgan fingerprint density at radius 2 is 1.87 bits per heavy atom. The Labute approximate surface area is 144 Å². The SMILES string of the molecule is C[Se]CC[C@H](NC(=O)OC(C)(C)C)C(=O)OCc1ccccc1. The summed E-state index contributed by atoms with van der Waals surface area (Å²) < 4.78 is 10.5. The molecule has 0 heterocycles. The van der Waals surface area contributed by atoms with Crippen LogP contribution in [0.2, 0.25) is 11.1 Å². The molecule has 1 rings (SSSR count). The molecule has 0 aromatic heterocycles. The number of carbonyl (C=O) groups is 2. The molecule has 0 aliphatic carbocycles. The molecule has 0 aliphatic rings. The van der Waals surface area contributed by atoms with E-state index in [1.54, 1.807) is 20.8 Å². The van der Waals surface area contributed by atoms with E-state index < -0.39 is 23.7 Å². The molecule has 6 heteroatoms. The van der Waals surface area contributed by atoms with E-state index in [1.807, 2.05) is 30.3 Å². The summed E-state index contributed by atoms with van der Waals surface area (Å²) in [5.74, 6) is 1.66. The van der Waals surface area contributed by atoms with Crippen LogP contribution < -0.4 is 5.32 Å². The first-order valence-electron chi connectivity index (χ1n) is 7.51. The molecule has 1 aromatic rings. The van der Waals surface area contributed by atoms with Crippen LogP contribution in [0.15, 0.2) is 30.3 Å². The van der Waals surface area contributed by atoms with Gasteiger partial charge in [0.25, 0.3) is 0 Å². The zero-order valence-electron chi connectivity index (χ0n) is 14.1. The quantitative estimate of drug-likeness (QED) is 0.578. The Kier molecular flexibility index (Phi) is 8.13. The van der Waals surface area contributed by atoms with E-state index in [4.69, 9.17) is 9.47 Å². The topological polar surface area (TPSA) is 64.6 Å². The number of alkyl carbamates (subject to hydrolysis) is 1.